The first kappa shape index (κ1) is 15.0. The van der Waals surface area contributed by atoms with Crippen molar-refractivity contribution in [3.63, 3.8) is 0 Å². The van der Waals surface area contributed by atoms with E-state index in [1.54, 1.807) is 28.9 Å². The molecule has 1 aromatic heterocycles. The molecule has 0 bridgehead atoms. The molecule has 7 heteroatoms. The largest absolute Gasteiger partial charge is 0.269 e. The van der Waals surface area contributed by atoms with Gasteiger partial charge in [0.1, 0.15) is 4.90 Å². The summed E-state index contributed by atoms with van der Waals surface area (Å²) in [5.41, 5.74) is 0.842. The molecule has 0 atom stereocenters. The Labute approximate surface area is 123 Å². The molecule has 0 aliphatic carbocycles. The molecule has 0 aliphatic heterocycles. The summed E-state index contributed by atoms with van der Waals surface area (Å²) in [4.78, 5) is 0.167. The predicted molar refractivity (Wildman–Crippen MR) is 78.1 cm³/mol. The van der Waals surface area contributed by atoms with Crippen LogP contribution in [0, 0.1) is 0 Å². The average molecular weight is 314 g/mol. The van der Waals surface area contributed by atoms with E-state index in [4.69, 9.17) is 11.6 Å². The van der Waals surface area contributed by atoms with Crippen molar-refractivity contribution in [2.45, 2.75) is 31.3 Å². The van der Waals surface area contributed by atoms with Gasteiger partial charge in [-0.2, -0.15) is 5.10 Å². The first-order chi connectivity index (χ1) is 9.38. The average Bonchev–Trinajstić information content (AvgIpc) is 2.89. The molecule has 5 nitrogen and oxygen atoms in total. The highest BCUT2D eigenvalue weighted by Crippen LogP contribution is 2.13. The molecule has 0 saturated heterocycles. The van der Waals surface area contributed by atoms with Crippen molar-refractivity contribution in [3.8, 4) is 0 Å². The minimum Gasteiger partial charge on any atom is -0.269 e. The Kier molecular flexibility index (Phi) is 4.47. The Morgan fingerprint density at radius 2 is 1.95 bits per heavy atom. The monoisotopic (exact) mass is 313 g/mol. The summed E-state index contributed by atoms with van der Waals surface area (Å²) in [6.07, 6.45) is 2.87. The van der Waals surface area contributed by atoms with Crippen molar-refractivity contribution < 1.29 is 8.42 Å². The number of sulfonamides is 1. The summed E-state index contributed by atoms with van der Waals surface area (Å²) in [5, 5.41) is 4.65. The molecule has 2 aromatic rings. The number of hydrogen-bond acceptors (Lipinski definition) is 3. The Hall–Kier alpha value is -1.37. The van der Waals surface area contributed by atoms with E-state index < -0.39 is 10.0 Å². The first-order valence-corrected chi connectivity index (χ1v) is 8.03. The van der Waals surface area contributed by atoms with Crippen LogP contribution < -0.4 is 4.72 Å². The van der Waals surface area contributed by atoms with Gasteiger partial charge in [0.05, 0.1) is 6.20 Å². The van der Waals surface area contributed by atoms with Crippen LogP contribution in [0.3, 0.4) is 0 Å². The van der Waals surface area contributed by atoms with Crippen molar-refractivity contribution >= 4 is 21.6 Å². The number of halogens is 1. The quantitative estimate of drug-likeness (QED) is 0.922. The first-order valence-electron chi connectivity index (χ1n) is 6.17. The molecular formula is C13H16ClN3O2S. The lowest BCUT2D eigenvalue weighted by Crippen LogP contribution is -2.22. The lowest BCUT2D eigenvalue weighted by Gasteiger charge is -2.06. The van der Waals surface area contributed by atoms with Crippen LogP contribution in [-0.4, -0.2) is 18.2 Å². The summed E-state index contributed by atoms with van der Waals surface area (Å²) >= 11 is 5.78. The molecule has 0 fully saturated rings. The second-order valence-electron chi connectivity index (χ2n) is 4.70. The van der Waals surface area contributed by atoms with Crippen LogP contribution in [-0.2, 0) is 16.6 Å². The van der Waals surface area contributed by atoms with Gasteiger partial charge in [-0.3, -0.25) is 4.68 Å². The van der Waals surface area contributed by atoms with Crippen LogP contribution >= 0.6 is 11.6 Å². The highest BCUT2D eigenvalue weighted by atomic mass is 35.5. The number of nitrogens with one attached hydrogen (secondary N) is 1. The maximum Gasteiger partial charge on any atom is 0.243 e. The Morgan fingerprint density at radius 1 is 1.30 bits per heavy atom. The predicted octanol–water partition coefficient (Wildman–Crippen LogP) is 2.60. The van der Waals surface area contributed by atoms with Gasteiger partial charge in [-0.05, 0) is 31.5 Å². The molecule has 1 N–H and O–H groups in total. The van der Waals surface area contributed by atoms with Crippen LogP contribution in [0.4, 0.5) is 0 Å². The molecule has 0 spiro atoms. The van der Waals surface area contributed by atoms with Gasteiger partial charge < -0.3 is 0 Å². The normalized spacial score (nSPS) is 12.0. The van der Waals surface area contributed by atoms with Gasteiger partial charge in [0.25, 0.3) is 0 Å². The molecule has 1 heterocycles. The van der Waals surface area contributed by atoms with Gasteiger partial charge in [-0.25, -0.2) is 13.1 Å². The van der Waals surface area contributed by atoms with E-state index in [1.165, 1.54) is 12.4 Å². The molecule has 20 heavy (non-hydrogen) atoms. The zero-order chi connectivity index (χ0) is 14.8. The standard InChI is InChI=1S/C13H16ClN3O2S/c1-10(2)17-9-13(8-15-17)20(18,19)16-7-11-3-5-12(14)6-4-11/h3-6,8-10,16H,7H2,1-2H3. The third-order valence-electron chi connectivity index (χ3n) is 2.80. The molecule has 2 rings (SSSR count). The molecule has 1 aromatic carbocycles. The fourth-order valence-electron chi connectivity index (χ4n) is 1.61. The highest BCUT2D eigenvalue weighted by Gasteiger charge is 2.16. The zero-order valence-electron chi connectivity index (χ0n) is 11.2. The Balaban J connectivity index is 2.08. The molecule has 108 valence electrons. The van der Waals surface area contributed by atoms with E-state index in [1.807, 2.05) is 13.8 Å². The zero-order valence-corrected chi connectivity index (χ0v) is 12.8. The third kappa shape index (κ3) is 3.59. The smallest absolute Gasteiger partial charge is 0.243 e. The van der Waals surface area contributed by atoms with Crippen LogP contribution in [0.25, 0.3) is 0 Å². The lowest BCUT2D eigenvalue weighted by molar-refractivity contribution is 0.531. The van der Waals surface area contributed by atoms with Crippen LogP contribution in [0.1, 0.15) is 25.5 Å². The number of aromatic nitrogens is 2. The number of nitrogens with zero attached hydrogens (tertiary/aromatic N) is 2. The summed E-state index contributed by atoms with van der Waals surface area (Å²) in [6, 6.07) is 7.13. The summed E-state index contributed by atoms with van der Waals surface area (Å²) < 4.78 is 28.4. The van der Waals surface area contributed by atoms with E-state index in [0.29, 0.717) is 5.02 Å². The number of benzene rings is 1. The summed E-state index contributed by atoms with van der Waals surface area (Å²) in [6.45, 7) is 4.08. The molecule has 0 saturated carbocycles. The van der Waals surface area contributed by atoms with Gasteiger partial charge in [0, 0.05) is 23.8 Å². The van der Waals surface area contributed by atoms with Crippen LogP contribution in [0.5, 0.6) is 0 Å². The van der Waals surface area contributed by atoms with Crippen molar-refractivity contribution in [2.24, 2.45) is 0 Å². The number of hydrogen-bond donors (Lipinski definition) is 1. The van der Waals surface area contributed by atoms with Gasteiger partial charge in [0.15, 0.2) is 0 Å². The molecule has 0 unspecified atom stereocenters. The van der Waals surface area contributed by atoms with Gasteiger partial charge >= 0.3 is 0 Å². The molecular weight excluding hydrogens is 298 g/mol. The van der Waals surface area contributed by atoms with E-state index in [-0.39, 0.29) is 17.5 Å². The van der Waals surface area contributed by atoms with Crippen LogP contribution in [0.15, 0.2) is 41.6 Å². The van der Waals surface area contributed by atoms with E-state index >= 15 is 0 Å². The maximum absolute atomic E-state index is 12.1. The highest BCUT2D eigenvalue weighted by molar-refractivity contribution is 7.89. The molecule has 0 radical (unpaired) electrons. The Bertz CT molecular complexity index is 678. The second kappa shape index (κ2) is 5.95. The summed E-state index contributed by atoms with van der Waals surface area (Å²) in [5.74, 6) is 0. The van der Waals surface area contributed by atoms with E-state index in [9.17, 15) is 8.42 Å². The molecule has 0 aliphatic rings. The summed E-state index contributed by atoms with van der Waals surface area (Å²) in [7, 11) is -3.55. The minimum absolute atomic E-state index is 0.121. The fourth-order valence-corrected chi connectivity index (χ4v) is 2.69. The third-order valence-corrected chi connectivity index (χ3v) is 4.40. The van der Waals surface area contributed by atoms with Gasteiger partial charge in [-0.15, -0.1) is 0 Å². The second-order valence-corrected chi connectivity index (χ2v) is 6.90. The SMILES string of the molecule is CC(C)n1cc(S(=O)(=O)NCc2ccc(Cl)cc2)cn1. The minimum atomic E-state index is -3.55. The van der Waals surface area contributed by atoms with E-state index in [0.717, 1.165) is 5.56 Å². The van der Waals surface area contributed by atoms with E-state index in [2.05, 4.69) is 9.82 Å². The van der Waals surface area contributed by atoms with Gasteiger partial charge in [-0.1, -0.05) is 23.7 Å². The fraction of sp³-hybridized carbons (Fsp3) is 0.308. The van der Waals surface area contributed by atoms with Crippen molar-refractivity contribution in [2.75, 3.05) is 0 Å². The number of rotatable bonds is 5. The van der Waals surface area contributed by atoms with Crippen LogP contribution in [0.2, 0.25) is 5.02 Å². The van der Waals surface area contributed by atoms with Crippen molar-refractivity contribution in [1.82, 2.24) is 14.5 Å². The maximum atomic E-state index is 12.1. The Morgan fingerprint density at radius 3 is 2.50 bits per heavy atom. The molecule has 0 amide bonds. The van der Waals surface area contributed by atoms with Gasteiger partial charge in [0.2, 0.25) is 10.0 Å². The van der Waals surface area contributed by atoms with Crippen molar-refractivity contribution in [3.05, 3.63) is 47.2 Å². The van der Waals surface area contributed by atoms with Crippen molar-refractivity contribution in [1.29, 1.82) is 0 Å². The lowest BCUT2D eigenvalue weighted by atomic mass is 10.2. The topological polar surface area (TPSA) is 64.0 Å².